The van der Waals surface area contributed by atoms with Crippen LogP contribution in [0.2, 0.25) is 10.0 Å². The highest BCUT2D eigenvalue weighted by Crippen LogP contribution is 2.31. The van der Waals surface area contributed by atoms with Gasteiger partial charge in [0.05, 0.1) is 20.5 Å². The molecule has 0 atom stereocenters. The van der Waals surface area contributed by atoms with E-state index in [9.17, 15) is 35.6 Å². The van der Waals surface area contributed by atoms with E-state index < -0.39 is 28.1 Å². The van der Waals surface area contributed by atoms with Gasteiger partial charge in [0.15, 0.2) is 0 Å². The van der Waals surface area contributed by atoms with E-state index >= 15 is 0 Å². The minimum Gasteiger partial charge on any atom is -0.478 e. The molecule has 10 nitrogen and oxygen atoms in total. The highest BCUT2D eigenvalue weighted by atomic mass is 35.5. The Balaban J connectivity index is 0.000000815. The van der Waals surface area contributed by atoms with Gasteiger partial charge in [-0.3, -0.25) is 4.79 Å². The van der Waals surface area contributed by atoms with Crippen LogP contribution in [0.5, 0.6) is 0 Å². The van der Waals surface area contributed by atoms with E-state index in [0.29, 0.717) is 41.0 Å². The number of rotatable bonds is 11. The molecule has 0 unspecified atom stereocenters. The number of alkyl halides is 3. The summed E-state index contributed by atoms with van der Waals surface area (Å²) in [5.74, 6) is -3.97. The lowest BCUT2D eigenvalue weighted by molar-refractivity contribution is -0.192. The molecule has 0 aliphatic carbocycles. The van der Waals surface area contributed by atoms with E-state index in [1.54, 1.807) is 23.1 Å². The molecule has 2 aliphatic rings. The summed E-state index contributed by atoms with van der Waals surface area (Å²) in [4.78, 5) is 38.2. The van der Waals surface area contributed by atoms with Crippen LogP contribution in [0.25, 0.3) is 0 Å². The molecule has 53 heavy (non-hydrogen) atoms. The molecule has 2 aliphatic heterocycles. The van der Waals surface area contributed by atoms with Gasteiger partial charge in [0.1, 0.15) is 5.82 Å². The number of amides is 1. The van der Waals surface area contributed by atoms with Crippen molar-refractivity contribution in [1.29, 1.82) is 0 Å². The number of halogens is 6. The van der Waals surface area contributed by atoms with Gasteiger partial charge in [0.25, 0.3) is 0 Å². The molecular weight excluding hydrogens is 765 g/mol. The number of sulfonamides is 1. The van der Waals surface area contributed by atoms with Crippen LogP contribution < -0.4 is 4.90 Å². The molecule has 17 heteroatoms. The summed E-state index contributed by atoms with van der Waals surface area (Å²) >= 11 is 12.5. The van der Waals surface area contributed by atoms with E-state index in [1.165, 1.54) is 40.7 Å². The molecule has 3 aromatic carbocycles. The van der Waals surface area contributed by atoms with Crippen molar-refractivity contribution < 1.29 is 50.6 Å². The number of anilines is 1. The average Bonchev–Trinajstić information content (AvgIpc) is 3.13. The van der Waals surface area contributed by atoms with Crippen molar-refractivity contribution in [3.05, 3.63) is 93.7 Å². The number of aromatic carboxylic acids is 1. The van der Waals surface area contributed by atoms with Crippen LogP contribution in [-0.2, 0) is 26.0 Å². The Hall–Kier alpha value is -3.76. The fourth-order valence-corrected chi connectivity index (χ4v) is 8.08. The summed E-state index contributed by atoms with van der Waals surface area (Å²) in [6, 6.07) is 17.1. The van der Waals surface area contributed by atoms with Gasteiger partial charge >= 0.3 is 18.1 Å². The number of aliphatic carboxylic acids is 1. The Kier molecular flexibility index (Phi) is 14.7. The number of benzene rings is 3. The monoisotopic (exact) mass is 803 g/mol. The number of carbonyl (C=O) groups is 3. The number of likely N-dealkylation sites (tertiary alicyclic amines) is 1. The highest BCUT2D eigenvalue weighted by Gasteiger charge is 2.38. The van der Waals surface area contributed by atoms with E-state index in [0.717, 1.165) is 50.9 Å². The second-order valence-electron chi connectivity index (χ2n) is 12.9. The van der Waals surface area contributed by atoms with Crippen LogP contribution >= 0.6 is 23.2 Å². The standard InChI is InChI=1S/C34H38Cl2FN3O5S.C2HF3O2/c35-31-11-8-29(23-32(31)36)40(17-1-16-38-18-12-25(13-19-38)22-24-2-6-28(37)7-3-24)33(41)26-14-20-39(21-15-26)46(44,45)30-9-4-27(5-10-30)34(42)43;3-2(4,5)1(6)7/h2-11,23,25-26H,1,12-22H2,(H,42,43);(H,6,7). The maximum atomic E-state index is 13.9. The van der Waals surface area contributed by atoms with Crippen molar-refractivity contribution in [3.63, 3.8) is 0 Å². The first-order valence-electron chi connectivity index (χ1n) is 16.8. The summed E-state index contributed by atoms with van der Waals surface area (Å²) in [7, 11) is -3.82. The molecule has 0 saturated carbocycles. The van der Waals surface area contributed by atoms with Crippen molar-refractivity contribution in [2.75, 3.05) is 44.2 Å². The first-order valence-corrected chi connectivity index (χ1v) is 19.0. The van der Waals surface area contributed by atoms with Crippen LogP contribution in [0.15, 0.2) is 71.6 Å². The van der Waals surface area contributed by atoms with Crippen LogP contribution in [0.1, 0.15) is 48.0 Å². The number of piperidine rings is 2. The van der Waals surface area contributed by atoms with Gasteiger partial charge in [-0.1, -0.05) is 35.3 Å². The molecule has 0 spiro atoms. The van der Waals surface area contributed by atoms with Crippen molar-refractivity contribution in [1.82, 2.24) is 9.21 Å². The third kappa shape index (κ3) is 11.9. The molecule has 0 bridgehead atoms. The second kappa shape index (κ2) is 18.5. The van der Waals surface area contributed by atoms with Crippen LogP contribution in [0.3, 0.4) is 0 Å². The molecule has 3 aromatic rings. The first kappa shape index (κ1) is 42.0. The van der Waals surface area contributed by atoms with Crippen LogP contribution in [0.4, 0.5) is 23.2 Å². The van der Waals surface area contributed by atoms with Gasteiger partial charge in [-0.25, -0.2) is 22.4 Å². The quantitative estimate of drug-likeness (QED) is 0.194. The summed E-state index contributed by atoms with van der Waals surface area (Å²) in [6.07, 6.45) is -0.510. The topological polar surface area (TPSA) is 136 Å². The fraction of sp³-hybridized carbons (Fsp3) is 0.417. The molecule has 2 heterocycles. The number of hydrogen-bond donors (Lipinski definition) is 2. The third-order valence-electron chi connectivity index (χ3n) is 9.27. The van der Waals surface area contributed by atoms with Crippen molar-refractivity contribution in [3.8, 4) is 0 Å². The van der Waals surface area contributed by atoms with Crippen molar-refractivity contribution in [2.45, 2.75) is 49.6 Å². The van der Waals surface area contributed by atoms with Gasteiger partial charge in [0, 0.05) is 31.2 Å². The number of carboxylic acid groups (broad SMARTS) is 2. The molecule has 0 aromatic heterocycles. The summed E-state index contributed by atoms with van der Waals surface area (Å²) < 4.78 is 72.8. The Bertz CT molecular complexity index is 1830. The minimum atomic E-state index is -5.08. The molecule has 288 valence electrons. The first-order chi connectivity index (χ1) is 24.9. The lowest BCUT2D eigenvalue weighted by atomic mass is 9.90. The molecular formula is C36H39Cl2F4N3O7S. The Morgan fingerprint density at radius 3 is 1.94 bits per heavy atom. The van der Waals surface area contributed by atoms with Gasteiger partial charge in [-0.05, 0) is 124 Å². The van der Waals surface area contributed by atoms with Crippen LogP contribution in [-0.4, -0.2) is 91.1 Å². The zero-order chi connectivity index (χ0) is 38.9. The number of nitrogens with zero attached hydrogens (tertiary/aromatic N) is 3. The van der Waals surface area contributed by atoms with E-state index in [2.05, 4.69) is 4.90 Å². The predicted molar refractivity (Wildman–Crippen MR) is 191 cm³/mol. The fourth-order valence-electron chi connectivity index (χ4n) is 6.32. The summed E-state index contributed by atoms with van der Waals surface area (Å²) in [6.45, 7) is 3.63. The maximum Gasteiger partial charge on any atom is 0.490 e. The van der Waals surface area contributed by atoms with Gasteiger partial charge < -0.3 is 20.0 Å². The molecule has 5 rings (SSSR count). The average molecular weight is 805 g/mol. The Labute approximate surface area is 314 Å². The Morgan fingerprint density at radius 1 is 0.830 bits per heavy atom. The van der Waals surface area contributed by atoms with Crippen molar-refractivity contribution >= 4 is 56.8 Å². The van der Waals surface area contributed by atoms with Gasteiger partial charge in [-0.2, -0.15) is 17.5 Å². The molecule has 2 N–H and O–H groups in total. The SMILES string of the molecule is O=C(O)C(F)(F)F.O=C(O)c1ccc(S(=O)(=O)N2CCC(C(=O)N(CCCN3CCC(Cc4ccc(F)cc4)CC3)c3ccc(Cl)c(Cl)c3)CC2)cc1. The molecule has 0 radical (unpaired) electrons. The largest absolute Gasteiger partial charge is 0.490 e. The lowest BCUT2D eigenvalue weighted by Crippen LogP contribution is -2.45. The summed E-state index contributed by atoms with van der Waals surface area (Å²) in [5, 5.41) is 17.0. The number of hydrogen-bond acceptors (Lipinski definition) is 6. The zero-order valence-corrected chi connectivity index (χ0v) is 30.8. The molecule has 2 saturated heterocycles. The third-order valence-corrected chi connectivity index (χ3v) is 11.9. The second-order valence-corrected chi connectivity index (χ2v) is 15.6. The molecule has 1 amide bonds. The van der Waals surface area contributed by atoms with Crippen LogP contribution in [0, 0.1) is 17.7 Å². The van der Waals surface area contributed by atoms with Crippen molar-refractivity contribution in [2.24, 2.45) is 11.8 Å². The summed E-state index contributed by atoms with van der Waals surface area (Å²) in [5.41, 5.74) is 1.83. The predicted octanol–water partition coefficient (Wildman–Crippen LogP) is 7.24. The van der Waals surface area contributed by atoms with E-state index in [-0.39, 0.29) is 41.2 Å². The number of carbonyl (C=O) groups excluding carboxylic acids is 1. The zero-order valence-electron chi connectivity index (χ0n) is 28.4. The normalized spacial score (nSPS) is 16.4. The van der Waals surface area contributed by atoms with E-state index in [1.807, 2.05) is 12.1 Å². The minimum absolute atomic E-state index is 0.0111. The lowest BCUT2D eigenvalue weighted by Gasteiger charge is -2.35. The smallest absolute Gasteiger partial charge is 0.478 e. The highest BCUT2D eigenvalue weighted by molar-refractivity contribution is 7.89. The Morgan fingerprint density at radius 2 is 1.42 bits per heavy atom. The number of carboxylic acids is 2. The van der Waals surface area contributed by atoms with Gasteiger partial charge in [-0.15, -0.1) is 0 Å². The van der Waals surface area contributed by atoms with Gasteiger partial charge in [0.2, 0.25) is 15.9 Å². The maximum absolute atomic E-state index is 13.9. The van der Waals surface area contributed by atoms with E-state index in [4.69, 9.17) is 38.2 Å². The molecule has 2 fully saturated rings.